The normalized spacial score (nSPS) is 16.2. The summed E-state index contributed by atoms with van der Waals surface area (Å²) in [6, 6.07) is 0. The summed E-state index contributed by atoms with van der Waals surface area (Å²) in [5, 5.41) is 0. The molecule has 0 saturated carbocycles. The fourth-order valence-corrected chi connectivity index (χ4v) is 5.50. The molecule has 0 rings (SSSR count). The van der Waals surface area contributed by atoms with Gasteiger partial charge in [0.2, 0.25) is 0 Å². The largest absolute Gasteiger partial charge is 0.582 e. The van der Waals surface area contributed by atoms with Crippen LogP contribution in [0.3, 0.4) is 0 Å². The average molecular weight is 710 g/mol. The van der Waals surface area contributed by atoms with Crippen molar-refractivity contribution in [2.75, 3.05) is 19.8 Å². The molecule has 25 heteroatoms. The summed E-state index contributed by atoms with van der Waals surface area (Å²) in [7, 11) is -6.86. The molecule has 0 aromatic rings. The number of rotatable bonds is 17. The van der Waals surface area contributed by atoms with Crippen LogP contribution in [0.5, 0.6) is 0 Å². The fraction of sp³-hybridized carbons (Fsp3) is 1.00. The third-order valence-corrected chi connectivity index (χ3v) is 8.42. The number of hydrogen-bond acceptors (Lipinski definition) is 3. The molecule has 0 heterocycles. The predicted molar refractivity (Wildman–Crippen MR) is 100 cm³/mol. The average Bonchev–Trinajstić information content (AvgIpc) is 2.81. The number of halogens is 21. The van der Waals surface area contributed by atoms with Crippen molar-refractivity contribution < 1.29 is 105 Å². The van der Waals surface area contributed by atoms with E-state index in [1.807, 2.05) is 0 Å². The van der Waals surface area contributed by atoms with Crippen molar-refractivity contribution in [1.82, 2.24) is 0 Å². The molecule has 0 spiro atoms. The van der Waals surface area contributed by atoms with Gasteiger partial charge in [0.1, 0.15) is 0 Å². The van der Waals surface area contributed by atoms with E-state index in [0.717, 1.165) is 0 Å². The van der Waals surface area contributed by atoms with Crippen molar-refractivity contribution in [2.45, 2.75) is 92.7 Å². The summed E-state index contributed by atoms with van der Waals surface area (Å²) in [6.45, 7) is -1.79. The summed E-state index contributed by atoms with van der Waals surface area (Å²) in [4.78, 5) is 0. The molecule has 0 bridgehead atoms. The maximum Gasteiger partial charge on any atom is 0.582 e. The van der Waals surface area contributed by atoms with E-state index in [9.17, 15) is 92.2 Å². The van der Waals surface area contributed by atoms with E-state index in [1.165, 1.54) is 0 Å². The van der Waals surface area contributed by atoms with Gasteiger partial charge in [-0.2, -0.15) is 92.2 Å². The van der Waals surface area contributed by atoms with Crippen LogP contribution < -0.4 is 0 Å². The summed E-state index contributed by atoms with van der Waals surface area (Å²) < 4.78 is 302. The monoisotopic (exact) mass is 710 g/mol. The first-order valence-corrected chi connectivity index (χ1v) is 12.8. The summed E-state index contributed by atoms with van der Waals surface area (Å²) in [6.07, 6.45) is -12.7. The quantitative estimate of drug-likeness (QED) is 0.112. The molecule has 0 aromatic heterocycles. The maximum atomic E-state index is 14.8. The van der Waals surface area contributed by atoms with Crippen LogP contribution in [0, 0.1) is 0 Å². The highest BCUT2D eigenvalue weighted by Gasteiger charge is 2.98. The molecular weight excluding hydrogens is 691 g/mol. The zero-order valence-electron chi connectivity index (χ0n) is 21.2. The molecular formula is C18H19F21O3Si. The van der Waals surface area contributed by atoms with Gasteiger partial charge in [-0.1, -0.05) is 0 Å². The molecule has 0 unspecified atom stereocenters. The van der Waals surface area contributed by atoms with Crippen LogP contribution in [0.25, 0.3) is 0 Å². The maximum absolute atomic E-state index is 14.8. The number of alkyl halides is 21. The summed E-state index contributed by atoms with van der Waals surface area (Å²) in [5.74, 6) is -68.0. The minimum absolute atomic E-state index is 0.655. The minimum Gasteiger partial charge on any atom is -0.370 e. The van der Waals surface area contributed by atoms with E-state index < -0.39 is 101 Å². The van der Waals surface area contributed by atoms with Gasteiger partial charge in [0.15, 0.2) is 0 Å². The van der Waals surface area contributed by atoms with Gasteiger partial charge >= 0.3 is 67.9 Å². The lowest BCUT2D eigenvalue weighted by Gasteiger charge is -2.46. The van der Waals surface area contributed by atoms with Gasteiger partial charge in [-0.3, -0.25) is 0 Å². The van der Waals surface area contributed by atoms with Crippen LogP contribution in [0.2, 0.25) is 0 Å². The highest BCUT2D eigenvalue weighted by Crippen LogP contribution is 2.66. The standard InChI is InChI=1S/C18H19F21O3Si/c1-4-40-43(41-5-2,42-6-3)18(38,39)17(36,37)16(34,35)15(32,33)14(30,31)13(28,29)12(26,27)11(24,25)9(19,20)7-8-10(21,22)23/h4-8H2,1-3H3. The smallest absolute Gasteiger partial charge is 0.370 e. The van der Waals surface area contributed by atoms with Crippen LogP contribution in [0.1, 0.15) is 33.6 Å². The van der Waals surface area contributed by atoms with Gasteiger partial charge in [-0.15, -0.1) is 0 Å². The second kappa shape index (κ2) is 12.1. The Hall–Kier alpha value is -1.37. The lowest BCUT2D eigenvalue weighted by molar-refractivity contribution is -0.460. The summed E-state index contributed by atoms with van der Waals surface area (Å²) in [5.41, 5.74) is -7.04. The molecule has 0 fully saturated rings. The van der Waals surface area contributed by atoms with Crippen LogP contribution in [-0.4, -0.2) is 87.7 Å². The van der Waals surface area contributed by atoms with Crippen LogP contribution in [0.15, 0.2) is 0 Å². The first kappa shape index (κ1) is 41.6. The Morgan fingerprint density at radius 2 is 0.628 bits per heavy atom. The van der Waals surface area contributed by atoms with Crippen molar-refractivity contribution in [2.24, 2.45) is 0 Å². The van der Waals surface area contributed by atoms with Gasteiger partial charge in [-0.25, -0.2) is 0 Å². The lowest BCUT2D eigenvalue weighted by Crippen LogP contribution is -2.79. The Kier molecular flexibility index (Phi) is 11.7. The van der Waals surface area contributed by atoms with Gasteiger partial charge in [0.05, 0.1) is 0 Å². The second-order valence-corrected chi connectivity index (χ2v) is 10.9. The van der Waals surface area contributed by atoms with Crippen molar-refractivity contribution >= 4 is 8.80 Å². The molecule has 43 heavy (non-hydrogen) atoms. The Morgan fingerprint density at radius 1 is 0.372 bits per heavy atom. The lowest BCUT2D eigenvalue weighted by atomic mass is 9.86. The molecule has 0 aliphatic rings. The molecule has 0 atom stereocenters. The Bertz CT molecular complexity index is 916. The molecule has 0 aromatic carbocycles. The van der Waals surface area contributed by atoms with Crippen LogP contribution in [-0.2, 0) is 13.3 Å². The fourth-order valence-electron chi connectivity index (χ4n) is 3.03. The Labute approximate surface area is 228 Å². The first-order valence-electron chi connectivity index (χ1n) is 11.0. The van der Waals surface area contributed by atoms with E-state index in [0.29, 0.717) is 20.8 Å². The molecule has 0 saturated heterocycles. The van der Waals surface area contributed by atoms with Crippen molar-refractivity contribution in [3.63, 3.8) is 0 Å². The SMILES string of the molecule is CCO[Si](OCC)(OCC)C(F)(F)C(F)(F)C(F)(F)C(F)(F)C(F)(F)C(F)(F)C(F)(F)C(F)(F)C(F)(F)CCC(F)(F)F. The van der Waals surface area contributed by atoms with E-state index in [2.05, 4.69) is 13.3 Å². The van der Waals surface area contributed by atoms with E-state index >= 15 is 0 Å². The van der Waals surface area contributed by atoms with Crippen molar-refractivity contribution in [3.05, 3.63) is 0 Å². The molecule has 260 valence electrons. The second-order valence-electron chi connectivity index (χ2n) is 8.27. The molecule has 0 radical (unpaired) electrons. The van der Waals surface area contributed by atoms with Gasteiger partial charge < -0.3 is 13.3 Å². The molecule has 0 aliphatic heterocycles. The van der Waals surface area contributed by atoms with Gasteiger partial charge in [0.25, 0.3) is 0 Å². The minimum atomic E-state index is -9.07. The van der Waals surface area contributed by atoms with Crippen molar-refractivity contribution in [3.8, 4) is 0 Å². The number of hydrogen-bond donors (Lipinski definition) is 0. The van der Waals surface area contributed by atoms with Crippen molar-refractivity contribution in [1.29, 1.82) is 0 Å². The molecule has 3 nitrogen and oxygen atoms in total. The predicted octanol–water partition coefficient (Wildman–Crippen LogP) is 8.63. The third-order valence-electron chi connectivity index (χ3n) is 5.33. The van der Waals surface area contributed by atoms with Crippen LogP contribution in [0.4, 0.5) is 92.2 Å². The zero-order chi connectivity index (χ0) is 35.2. The molecule has 0 aliphatic carbocycles. The highest BCUT2D eigenvalue weighted by atomic mass is 28.4. The first-order chi connectivity index (χ1) is 18.6. The van der Waals surface area contributed by atoms with E-state index in [4.69, 9.17) is 0 Å². The van der Waals surface area contributed by atoms with Gasteiger partial charge in [-0.05, 0) is 20.8 Å². The zero-order valence-corrected chi connectivity index (χ0v) is 22.2. The summed E-state index contributed by atoms with van der Waals surface area (Å²) >= 11 is 0. The Balaban J connectivity index is 7.22. The van der Waals surface area contributed by atoms with Crippen LogP contribution >= 0.6 is 0 Å². The highest BCUT2D eigenvalue weighted by molar-refractivity contribution is 6.63. The van der Waals surface area contributed by atoms with Gasteiger partial charge in [0, 0.05) is 32.7 Å². The van der Waals surface area contributed by atoms with E-state index in [1.54, 1.807) is 0 Å². The third kappa shape index (κ3) is 6.23. The molecule has 0 N–H and O–H groups in total. The molecule has 0 amide bonds. The Morgan fingerprint density at radius 3 is 0.884 bits per heavy atom. The van der Waals surface area contributed by atoms with E-state index in [-0.39, 0.29) is 0 Å². The topological polar surface area (TPSA) is 27.7 Å².